The minimum atomic E-state index is 0.312. The predicted octanol–water partition coefficient (Wildman–Crippen LogP) is -3.14. The number of likely N-dealkylation sites (N-methyl/N-ethyl adjacent to an activating group) is 2. The monoisotopic (exact) mass is 273 g/mol. The molecule has 0 radical (unpaired) electrons. The maximum Gasteiger partial charge on any atom is 0.338 e. The zero-order chi connectivity index (χ0) is 14.4. The summed E-state index contributed by atoms with van der Waals surface area (Å²) in [6, 6.07) is 0. The van der Waals surface area contributed by atoms with Gasteiger partial charge in [0.2, 0.25) is 0 Å². The molecule has 0 bridgehead atoms. The van der Waals surface area contributed by atoms with Crippen LogP contribution in [0.2, 0.25) is 0 Å². The topological polar surface area (TPSA) is 78.0 Å². The highest BCUT2D eigenvalue weighted by molar-refractivity contribution is 5.69. The van der Waals surface area contributed by atoms with Crippen LogP contribution in [0.4, 0.5) is 0 Å². The first-order chi connectivity index (χ1) is 8.83. The molecule has 1 rings (SSSR count). The maximum atomic E-state index is 5.33. The van der Waals surface area contributed by atoms with Crippen LogP contribution in [0, 0.1) is 0 Å². The Morgan fingerprint density at radius 1 is 1.05 bits per heavy atom. The van der Waals surface area contributed by atoms with Crippen molar-refractivity contribution in [2.24, 2.45) is 11.5 Å². The predicted molar refractivity (Wildman–Crippen MR) is 79.3 cm³/mol. The van der Waals surface area contributed by atoms with E-state index in [1.165, 1.54) is 41.7 Å². The van der Waals surface area contributed by atoms with E-state index in [1.54, 1.807) is 0 Å². The SMILES string of the molecule is C[N+]1(C)CC[N+](C)(CCNCCC[NH+]=C(N)N)CC1. The first kappa shape index (κ1) is 16.2. The zero-order valence-electron chi connectivity index (χ0n) is 12.9. The van der Waals surface area contributed by atoms with E-state index in [1.807, 2.05) is 0 Å². The van der Waals surface area contributed by atoms with E-state index < -0.39 is 0 Å². The number of hydrogen-bond acceptors (Lipinski definition) is 1. The molecular formula is C13H33N6+3. The molecule has 112 valence electrons. The molecule has 0 atom stereocenters. The Hall–Kier alpha value is -0.850. The summed E-state index contributed by atoms with van der Waals surface area (Å²) in [5, 5.41) is 3.50. The fraction of sp³-hybridized carbons (Fsp3) is 0.923. The second-order valence-corrected chi connectivity index (χ2v) is 6.66. The van der Waals surface area contributed by atoms with E-state index >= 15 is 0 Å². The van der Waals surface area contributed by atoms with E-state index in [0.717, 1.165) is 26.1 Å². The Morgan fingerprint density at radius 2 is 1.68 bits per heavy atom. The summed E-state index contributed by atoms with van der Waals surface area (Å²) in [5.41, 5.74) is 10.7. The fourth-order valence-electron chi connectivity index (χ4n) is 2.39. The summed E-state index contributed by atoms with van der Waals surface area (Å²) in [5.74, 6) is 0.312. The number of nitrogens with zero attached hydrogens (tertiary/aromatic N) is 2. The molecule has 1 aliphatic heterocycles. The number of quaternary nitrogens is 2. The summed E-state index contributed by atoms with van der Waals surface area (Å²) < 4.78 is 2.38. The zero-order valence-corrected chi connectivity index (χ0v) is 12.9. The Balaban J connectivity index is 2.08. The highest BCUT2D eigenvalue weighted by Gasteiger charge is 2.33. The molecule has 0 saturated carbocycles. The molecule has 0 aliphatic carbocycles. The van der Waals surface area contributed by atoms with Crippen LogP contribution in [0.15, 0.2) is 0 Å². The van der Waals surface area contributed by atoms with Crippen molar-refractivity contribution < 1.29 is 14.0 Å². The van der Waals surface area contributed by atoms with Crippen molar-refractivity contribution in [3.63, 3.8) is 0 Å². The standard InChI is InChI=1S/C13H32N6/c1-18(2)9-11-19(3,12-10-18)8-7-16-5-4-6-17-13(14)15/h16H,4-12H2,1-3H3,(H4,14,15,17)/q+2/p+1. The third-order valence-electron chi connectivity index (χ3n) is 4.18. The number of guanidine groups is 1. The molecule has 0 aromatic rings. The highest BCUT2D eigenvalue weighted by Crippen LogP contribution is 2.12. The third kappa shape index (κ3) is 6.75. The van der Waals surface area contributed by atoms with Crippen LogP contribution < -0.4 is 21.8 Å². The van der Waals surface area contributed by atoms with Crippen LogP contribution in [0.3, 0.4) is 0 Å². The molecule has 1 aliphatic rings. The van der Waals surface area contributed by atoms with E-state index in [2.05, 4.69) is 31.5 Å². The molecule has 6 heteroatoms. The number of piperazine rings is 1. The van der Waals surface area contributed by atoms with Crippen LogP contribution in [0.5, 0.6) is 0 Å². The van der Waals surface area contributed by atoms with Crippen molar-refractivity contribution >= 4 is 5.96 Å². The molecule has 0 unspecified atom stereocenters. The van der Waals surface area contributed by atoms with Gasteiger partial charge in [-0.15, -0.1) is 0 Å². The van der Waals surface area contributed by atoms with Crippen molar-refractivity contribution in [2.75, 3.05) is 73.5 Å². The van der Waals surface area contributed by atoms with Gasteiger partial charge in [-0.05, 0) is 13.0 Å². The lowest BCUT2D eigenvalue weighted by molar-refractivity contribution is -1.01. The second-order valence-electron chi connectivity index (χ2n) is 6.66. The summed E-state index contributed by atoms with van der Waals surface area (Å²) in [6.45, 7) is 9.31. The Morgan fingerprint density at radius 3 is 2.26 bits per heavy atom. The van der Waals surface area contributed by atoms with Crippen LogP contribution in [0.25, 0.3) is 0 Å². The van der Waals surface area contributed by atoms with E-state index in [4.69, 9.17) is 11.5 Å². The largest absolute Gasteiger partial charge is 0.338 e. The molecule has 6 N–H and O–H groups in total. The van der Waals surface area contributed by atoms with Gasteiger partial charge in [0.15, 0.2) is 0 Å². The first-order valence-corrected chi connectivity index (χ1v) is 7.31. The average Bonchev–Trinajstić information content (AvgIpc) is 2.32. The normalized spacial score (nSPS) is 21.0. The van der Waals surface area contributed by atoms with Gasteiger partial charge in [-0.25, -0.2) is 0 Å². The lowest BCUT2D eigenvalue weighted by Gasteiger charge is -2.44. The second kappa shape index (κ2) is 7.07. The van der Waals surface area contributed by atoms with E-state index in [-0.39, 0.29) is 0 Å². The van der Waals surface area contributed by atoms with E-state index in [9.17, 15) is 0 Å². The lowest BCUT2D eigenvalue weighted by Crippen LogP contribution is -2.78. The van der Waals surface area contributed by atoms with Gasteiger partial charge in [0.1, 0.15) is 26.2 Å². The van der Waals surface area contributed by atoms with Gasteiger partial charge in [0.05, 0.1) is 34.2 Å². The summed E-state index contributed by atoms with van der Waals surface area (Å²) in [7, 11) is 7.04. The van der Waals surface area contributed by atoms with Gasteiger partial charge in [-0.2, -0.15) is 0 Å². The van der Waals surface area contributed by atoms with Gasteiger partial charge < -0.3 is 14.3 Å². The minimum Gasteiger partial charge on any atom is -0.319 e. The van der Waals surface area contributed by atoms with Gasteiger partial charge in [-0.3, -0.25) is 16.5 Å². The molecule has 0 aromatic heterocycles. The smallest absolute Gasteiger partial charge is 0.319 e. The molecule has 0 spiro atoms. The molecule has 1 saturated heterocycles. The van der Waals surface area contributed by atoms with E-state index in [0.29, 0.717) is 5.96 Å². The Kier molecular flexibility index (Phi) is 6.03. The Bertz CT molecular complexity index is 286. The fourth-order valence-corrected chi connectivity index (χ4v) is 2.39. The minimum absolute atomic E-state index is 0.312. The van der Waals surface area contributed by atoms with Gasteiger partial charge >= 0.3 is 5.96 Å². The summed E-state index contributed by atoms with van der Waals surface area (Å²) in [4.78, 5) is 2.93. The molecule has 1 heterocycles. The van der Waals surface area contributed by atoms with Crippen LogP contribution in [0.1, 0.15) is 6.42 Å². The molecule has 0 amide bonds. The highest BCUT2D eigenvalue weighted by atomic mass is 15.4. The third-order valence-corrected chi connectivity index (χ3v) is 4.18. The number of nitrogens with one attached hydrogen (secondary N) is 2. The summed E-state index contributed by atoms with van der Waals surface area (Å²) in [6.07, 6.45) is 1.05. The first-order valence-electron chi connectivity index (χ1n) is 7.31. The van der Waals surface area contributed by atoms with Crippen LogP contribution >= 0.6 is 0 Å². The van der Waals surface area contributed by atoms with Crippen LogP contribution in [-0.2, 0) is 0 Å². The lowest BCUT2D eigenvalue weighted by atomic mass is 10.2. The number of rotatable bonds is 7. The van der Waals surface area contributed by atoms with Crippen molar-refractivity contribution in [1.82, 2.24) is 5.32 Å². The summed E-state index contributed by atoms with van der Waals surface area (Å²) >= 11 is 0. The molecule has 19 heavy (non-hydrogen) atoms. The van der Waals surface area contributed by atoms with Gasteiger partial charge in [-0.1, -0.05) is 0 Å². The van der Waals surface area contributed by atoms with Crippen molar-refractivity contribution in [1.29, 1.82) is 0 Å². The molecule has 6 nitrogen and oxygen atoms in total. The van der Waals surface area contributed by atoms with Crippen LogP contribution in [-0.4, -0.2) is 88.4 Å². The quantitative estimate of drug-likeness (QED) is 0.171. The van der Waals surface area contributed by atoms with Crippen molar-refractivity contribution in [3.8, 4) is 0 Å². The molecule has 1 fully saturated rings. The van der Waals surface area contributed by atoms with Gasteiger partial charge in [0.25, 0.3) is 0 Å². The maximum absolute atomic E-state index is 5.33. The Labute approximate surface area is 117 Å². The molecular weight excluding hydrogens is 240 g/mol. The molecule has 0 aromatic carbocycles. The van der Waals surface area contributed by atoms with Crippen molar-refractivity contribution in [3.05, 3.63) is 0 Å². The average molecular weight is 273 g/mol. The van der Waals surface area contributed by atoms with Gasteiger partial charge in [0, 0.05) is 6.54 Å². The van der Waals surface area contributed by atoms with Crippen molar-refractivity contribution in [2.45, 2.75) is 6.42 Å². The number of nitrogens with two attached hydrogens (primary N) is 2. The number of hydrogen-bond donors (Lipinski definition) is 4.